The molecule has 2 N–H and O–H groups in total. The highest BCUT2D eigenvalue weighted by Crippen LogP contribution is 2.32. The highest BCUT2D eigenvalue weighted by molar-refractivity contribution is 8.08. The molecular formula is C11H13N3OS. The molecule has 5 heteroatoms. The molecule has 1 aliphatic heterocycles. The number of thioether (sulfide) groups is 1. The van der Waals surface area contributed by atoms with Crippen molar-refractivity contribution in [3.05, 3.63) is 35.3 Å². The Labute approximate surface area is 98.5 Å². The summed E-state index contributed by atoms with van der Waals surface area (Å²) in [5.41, 5.74) is 3.17. The molecule has 0 aromatic carbocycles. The van der Waals surface area contributed by atoms with Gasteiger partial charge in [-0.15, -0.1) is 11.8 Å². The van der Waals surface area contributed by atoms with E-state index in [1.165, 1.54) is 10.6 Å². The van der Waals surface area contributed by atoms with Crippen LogP contribution in [-0.4, -0.2) is 17.3 Å². The Morgan fingerprint density at radius 1 is 1.62 bits per heavy atom. The van der Waals surface area contributed by atoms with Crippen molar-refractivity contribution in [3.8, 4) is 0 Å². The lowest BCUT2D eigenvalue weighted by molar-refractivity contribution is -0.109. The molecule has 0 saturated carbocycles. The van der Waals surface area contributed by atoms with Crippen LogP contribution in [-0.2, 0) is 11.3 Å². The molecule has 1 aromatic rings. The van der Waals surface area contributed by atoms with Crippen molar-refractivity contribution < 1.29 is 4.79 Å². The quantitative estimate of drug-likeness (QED) is 0.773. The average Bonchev–Trinajstić information content (AvgIpc) is 2.74. The molecule has 2 rings (SSSR count). The first-order valence-corrected chi connectivity index (χ1v) is 5.99. The molecule has 1 aromatic heterocycles. The van der Waals surface area contributed by atoms with Gasteiger partial charge in [0, 0.05) is 18.4 Å². The summed E-state index contributed by atoms with van der Waals surface area (Å²) in [5.74, 6) is 0.914. The van der Waals surface area contributed by atoms with E-state index in [0.29, 0.717) is 13.0 Å². The zero-order valence-corrected chi connectivity index (χ0v) is 9.80. The number of pyridine rings is 1. The number of allylic oxidation sites excluding steroid dienone is 1. The fraction of sp³-hybridized carbons (Fsp3) is 0.273. The van der Waals surface area contributed by atoms with E-state index in [4.69, 9.17) is 0 Å². The van der Waals surface area contributed by atoms with E-state index in [2.05, 4.69) is 22.5 Å². The summed E-state index contributed by atoms with van der Waals surface area (Å²) in [6.07, 6.45) is 2.49. The number of hydrogen-bond donors (Lipinski definition) is 2. The van der Waals surface area contributed by atoms with Gasteiger partial charge in [0.1, 0.15) is 0 Å². The normalized spacial score (nSPS) is 14.8. The predicted octanol–water partition coefficient (Wildman–Crippen LogP) is 1.31. The van der Waals surface area contributed by atoms with E-state index in [-0.39, 0.29) is 0 Å². The van der Waals surface area contributed by atoms with E-state index >= 15 is 0 Å². The second-order valence-corrected chi connectivity index (χ2v) is 4.46. The Kier molecular flexibility index (Phi) is 3.46. The van der Waals surface area contributed by atoms with Crippen LogP contribution in [0.2, 0.25) is 0 Å². The van der Waals surface area contributed by atoms with E-state index < -0.39 is 0 Å². The maximum Gasteiger partial charge on any atom is 0.207 e. The number of nitrogens with zero attached hydrogens (tertiary/aromatic N) is 1. The number of nitrogens with one attached hydrogen (secondary N) is 2. The summed E-state index contributed by atoms with van der Waals surface area (Å²) >= 11 is 1.76. The molecule has 84 valence electrons. The van der Waals surface area contributed by atoms with E-state index in [1.807, 2.05) is 12.1 Å². The highest BCUT2D eigenvalue weighted by atomic mass is 32.2. The Morgan fingerprint density at radius 2 is 2.50 bits per heavy atom. The Bertz CT molecular complexity index is 414. The number of hydrogen-bond acceptors (Lipinski definition) is 4. The minimum Gasteiger partial charge on any atom is -0.378 e. The minimum atomic E-state index is 0.528. The maximum absolute atomic E-state index is 10.1. The van der Waals surface area contributed by atoms with Gasteiger partial charge >= 0.3 is 0 Å². The molecule has 0 radical (unpaired) electrons. The van der Waals surface area contributed by atoms with Gasteiger partial charge in [-0.25, -0.2) is 0 Å². The molecule has 0 saturated heterocycles. The number of rotatable bonds is 4. The molecule has 0 atom stereocenters. The molecule has 2 heterocycles. The fourth-order valence-electron chi connectivity index (χ4n) is 1.49. The van der Waals surface area contributed by atoms with Crippen LogP contribution in [0.15, 0.2) is 24.0 Å². The largest absolute Gasteiger partial charge is 0.378 e. The Balaban J connectivity index is 2.13. The van der Waals surface area contributed by atoms with Crippen LogP contribution in [0.1, 0.15) is 18.2 Å². The number of aromatic nitrogens is 1. The van der Waals surface area contributed by atoms with E-state index in [9.17, 15) is 4.79 Å². The van der Waals surface area contributed by atoms with Crippen LogP contribution < -0.4 is 10.6 Å². The third-order valence-corrected chi connectivity index (χ3v) is 3.43. The van der Waals surface area contributed by atoms with Crippen LogP contribution in [0.3, 0.4) is 0 Å². The molecule has 1 aliphatic rings. The topological polar surface area (TPSA) is 54.0 Å². The second kappa shape index (κ2) is 5.03. The molecule has 0 aliphatic carbocycles. The Morgan fingerprint density at radius 3 is 3.06 bits per heavy atom. The molecule has 4 nitrogen and oxygen atoms in total. The summed E-state index contributed by atoms with van der Waals surface area (Å²) in [6, 6.07) is 3.97. The number of carbonyl (C=O) groups is 1. The van der Waals surface area contributed by atoms with Gasteiger partial charge in [0.25, 0.3) is 0 Å². The van der Waals surface area contributed by atoms with Crippen molar-refractivity contribution in [1.29, 1.82) is 0 Å². The zero-order valence-electron chi connectivity index (χ0n) is 8.99. The van der Waals surface area contributed by atoms with Gasteiger partial charge in [-0.1, -0.05) is 6.07 Å². The standard InChI is InChI=1S/C11H13N3OS/c1-8-11(16-7-14-8)10-3-2-9(5-13-10)4-12-6-15/h2-3,5-6,14H,4,7H2,1H3,(H,12,15). The summed E-state index contributed by atoms with van der Waals surface area (Å²) < 4.78 is 0. The third-order valence-electron chi connectivity index (χ3n) is 2.34. The maximum atomic E-state index is 10.1. The summed E-state index contributed by atoms with van der Waals surface area (Å²) in [6.45, 7) is 2.58. The van der Waals surface area contributed by atoms with Gasteiger partial charge in [-0.05, 0) is 18.6 Å². The second-order valence-electron chi connectivity index (χ2n) is 3.47. The van der Waals surface area contributed by atoms with Gasteiger partial charge in [-0.2, -0.15) is 0 Å². The van der Waals surface area contributed by atoms with Gasteiger partial charge in [-0.3, -0.25) is 9.78 Å². The Hall–Kier alpha value is -1.49. The van der Waals surface area contributed by atoms with Crippen LogP contribution in [0.25, 0.3) is 4.91 Å². The predicted molar refractivity (Wildman–Crippen MR) is 65.3 cm³/mol. The van der Waals surface area contributed by atoms with E-state index in [1.54, 1.807) is 18.0 Å². The lowest BCUT2D eigenvalue weighted by atomic mass is 10.2. The molecule has 16 heavy (non-hydrogen) atoms. The van der Waals surface area contributed by atoms with Crippen molar-refractivity contribution in [1.82, 2.24) is 15.6 Å². The van der Waals surface area contributed by atoms with Gasteiger partial charge in [0.15, 0.2) is 0 Å². The monoisotopic (exact) mass is 235 g/mol. The SMILES string of the molecule is CC1=C(c2ccc(CNC=O)cn2)SCN1. The highest BCUT2D eigenvalue weighted by Gasteiger charge is 2.13. The van der Waals surface area contributed by atoms with Crippen molar-refractivity contribution >= 4 is 23.1 Å². The molecule has 0 bridgehead atoms. The zero-order chi connectivity index (χ0) is 11.4. The first-order chi connectivity index (χ1) is 7.81. The molecule has 0 spiro atoms. The van der Waals surface area contributed by atoms with Gasteiger partial charge in [0.2, 0.25) is 6.41 Å². The van der Waals surface area contributed by atoms with Crippen molar-refractivity contribution in [3.63, 3.8) is 0 Å². The molecule has 0 unspecified atom stereocenters. The van der Waals surface area contributed by atoms with Gasteiger partial charge < -0.3 is 10.6 Å². The lowest BCUT2D eigenvalue weighted by Crippen LogP contribution is -2.09. The van der Waals surface area contributed by atoms with Crippen molar-refractivity contribution in [2.75, 3.05) is 5.88 Å². The summed E-state index contributed by atoms with van der Waals surface area (Å²) in [4.78, 5) is 15.7. The lowest BCUT2D eigenvalue weighted by Gasteiger charge is -2.03. The number of amides is 1. The van der Waals surface area contributed by atoms with Crippen LogP contribution >= 0.6 is 11.8 Å². The number of carbonyl (C=O) groups excluding carboxylic acids is 1. The minimum absolute atomic E-state index is 0.528. The van der Waals surface area contributed by atoms with Crippen molar-refractivity contribution in [2.24, 2.45) is 0 Å². The first kappa shape index (κ1) is 11.0. The van der Waals surface area contributed by atoms with Crippen LogP contribution in [0.5, 0.6) is 0 Å². The van der Waals surface area contributed by atoms with Crippen LogP contribution in [0, 0.1) is 0 Å². The van der Waals surface area contributed by atoms with Gasteiger partial charge in [0.05, 0.1) is 16.5 Å². The summed E-state index contributed by atoms with van der Waals surface area (Å²) in [5, 5.41) is 5.87. The smallest absolute Gasteiger partial charge is 0.207 e. The molecular weight excluding hydrogens is 222 g/mol. The van der Waals surface area contributed by atoms with Crippen LogP contribution in [0.4, 0.5) is 0 Å². The first-order valence-electron chi connectivity index (χ1n) is 5.01. The molecule has 0 fully saturated rings. The summed E-state index contributed by atoms with van der Waals surface area (Å²) in [7, 11) is 0. The molecule has 1 amide bonds. The third kappa shape index (κ3) is 2.36. The average molecular weight is 235 g/mol. The fourth-order valence-corrected chi connectivity index (χ4v) is 2.48. The van der Waals surface area contributed by atoms with E-state index in [0.717, 1.165) is 17.1 Å². The van der Waals surface area contributed by atoms with Crippen molar-refractivity contribution in [2.45, 2.75) is 13.5 Å².